The van der Waals surface area contributed by atoms with E-state index in [9.17, 15) is 0 Å². The zero-order valence-electron chi connectivity index (χ0n) is 7.68. The number of hydrogen-bond acceptors (Lipinski definition) is 0. The van der Waals surface area contributed by atoms with Gasteiger partial charge < -0.3 is 12.4 Å². The van der Waals surface area contributed by atoms with Crippen LogP contribution in [0.2, 0.25) is 0 Å². The van der Waals surface area contributed by atoms with Crippen LogP contribution < -0.4 is 12.4 Å². The van der Waals surface area contributed by atoms with Crippen LogP contribution >= 0.6 is 10.3 Å². The minimum absolute atomic E-state index is 0. The van der Waals surface area contributed by atoms with Gasteiger partial charge in [-0.25, -0.2) is 0 Å². The van der Waals surface area contributed by atoms with E-state index in [2.05, 4.69) is 40.0 Å². The van der Waals surface area contributed by atoms with Crippen molar-refractivity contribution < 1.29 is 31.1 Å². The molecule has 0 saturated carbocycles. The summed E-state index contributed by atoms with van der Waals surface area (Å²) < 4.78 is 0. The van der Waals surface area contributed by atoms with E-state index >= 15 is 0 Å². The van der Waals surface area contributed by atoms with Gasteiger partial charge in [-0.3, -0.25) is 0 Å². The minimum Gasteiger partial charge on any atom is -1.00 e. The molecule has 0 aromatic heterocycles. The van der Waals surface area contributed by atoms with Crippen LogP contribution in [0.15, 0.2) is 0 Å². The molecule has 10 heavy (non-hydrogen) atoms. The summed E-state index contributed by atoms with van der Waals surface area (Å²) >= 11 is 0.727. The summed E-state index contributed by atoms with van der Waals surface area (Å²) in [6.07, 6.45) is 0. The van der Waals surface area contributed by atoms with Gasteiger partial charge in [0.1, 0.15) is 0 Å². The molecule has 0 bridgehead atoms. The molecule has 0 aromatic rings. The quantitative estimate of drug-likeness (QED) is 0.430. The van der Waals surface area contributed by atoms with Crippen molar-refractivity contribution in [2.45, 2.75) is 0 Å². The molecule has 0 aliphatic rings. The summed E-state index contributed by atoms with van der Waals surface area (Å²) in [7, 11) is 0. The van der Waals surface area contributed by atoms with Crippen molar-refractivity contribution in [3.63, 3.8) is 0 Å². The predicted molar refractivity (Wildman–Crippen MR) is 52.2 cm³/mol. The summed E-state index contributed by atoms with van der Waals surface area (Å²) in [6, 6.07) is 0. The molecule has 0 spiro atoms. The van der Waals surface area contributed by atoms with Crippen molar-refractivity contribution >= 4 is 10.3 Å². The van der Waals surface area contributed by atoms with Crippen LogP contribution in [-0.2, 0) is 18.7 Å². The van der Waals surface area contributed by atoms with Crippen LogP contribution in [0.1, 0.15) is 0 Å². The van der Waals surface area contributed by atoms with Gasteiger partial charge in [0.2, 0.25) is 0 Å². The standard InChI is InChI=1S/2C3H9P.Au.ClH/c2*1-4(2)3;;/h2*1-3H3;;1H/q;;-1;/p+1. The molecular formula is C6H20AuClP2. The molecule has 0 atom stereocenters. The van der Waals surface area contributed by atoms with Gasteiger partial charge in [0.25, 0.3) is 0 Å². The molecule has 0 aromatic carbocycles. The Bertz CT molecular complexity index is 80.9. The zero-order chi connectivity index (χ0) is 7.71. The molecular weight excluding hydrogens is 366 g/mol. The molecule has 0 unspecified atom stereocenters. The molecule has 0 amide bonds. The van der Waals surface area contributed by atoms with E-state index < -0.39 is 10.3 Å². The molecule has 72 valence electrons. The maximum Gasteiger partial charge on any atom is -1.00 e. The first-order chi connectivity index (χ1) is 3.71. The van der Waals surface area contributed by atoms with Crippen molar-refractivity contribution in [3.05, 3.63) is 0 Å². The maximum absolute atomic E-state index is 2.51. The third kappa shape index (κ3) is 12.6. The van der Waals surface area contributed by atoms with E-state index in [1.807, 2.05) is 0 Å². The predicted octanol–water partition coefficient (Wildman–Crippen LogP) is -0.818. The third-order valence-electron chi connectivity index (χ3n) is 0.452. The van der Waals surface area contributed by atoms with E-state index in [4.69, 9.17) is 0 Å². The Morgan fingerprint density at radius 2 is 0.900 bits per heavy atom. The van der Waals surface area contributed by atoms with Crippen LogP contribution in [0.5, 0.6) is 0 Å². The molecule has 0 aliphatic heterocycles. The summed E-state index contributed by atoms with van der Waals surface area (Å²) in [5.41, 5.74) is 0. The smallest absolute Gasteiger partial charge is 1.00 e. The molecule has 0 aliphatic carbocycles. The van der Waals surface area contributed by atoms with Crippen LogP contribution in [-0.4, -0.2) is 40.0 Å². The fraction of sp³-hybridized carbons (Fsp3) is 1.00. The molecule has 4 heteroatoms. The summed E-state index contributed by atoms with van der Waals surface area (Å²) in [4.78, 5) is 0. The summed E-state index contributed by atoms with van der Waals surface area (Å²) in [5, 5.41) is -1.27. The molecule has 0 N–H and O–H groups in total. The topological polar surface area (TPSA) is 0 Å². The van der Waals surface area contributed by atoms with E-state index in [1.54, 1.807) is 0 Å². The van der Waals surface area contributed by atoms with Gasteiger partial charge in [-0.1, -0.05) is 0 Å². The Morgan fingerprint density at radius 1 is 0.700 bits per heavy atom. The first kappa shape index (κ1) is 14.4. The van der Waals surface area contributed by atoms with Crippen LogP contribution in [0, 0.1) is 0 Å². The van der Waals surface area contributed by atoms with Gasteiger partial charge in [-0.05, 0) is 0 Å². The van der Waals surface area contributed by atoms with E-state index in [0.717, 1.165) is 18.7 Å². The van der Waals surface area contributed by atoms with Gasteiger partial charge in [-0.15, -0.1) is 0 Å². The van der Waals surface area contributed by atoms with Crippen molar-refractivity contribution in [1.82, 2.24) is 0 Å². The van der Waals surface area contributed by atoms with Crippen molar-refractivity contribution in [2.75, 3.05) is 40.0 Å². The molecule has 0 radical (unpaired) electrons. The van der Waals surface area contributed by atoms with E-state index in [-0.39, 0.29) is 12.4 Å². The monoisotopic (exact) mass is 386 g/mol. The second-order valence-corrected chi connectivity index (χ2v) is 36.8. The van der Waals surface area contributed by atoms with Gasteiger partial charge in [0.15, 0.2) is 0 Å². The Hall–Kier alpha value is 1.89. The van der Waals surface area contributed by atoms with Crippen LogP contribution in [0.4, 0.5) is 0 Å². The molecule has 0 saturated heterocycles. The SMILES string of the molecule is C[PH](C)(C)[Au+][PH](C)(C)C.[Cl-]. The summed E-state index contributed by atoms with van der Waals surface area (Å²) in [6.45, 7) is 15.0. The summed E-state index contributed by atoms with van der Waals surface area (Å²) in [5.74, 6) is 0. The van der Waals surface area contributed by atoms with Crippen LogP contribution in [0.3, 0.4) is 0 Å². The maximum atomic E-state index is 2.51. The molecule has 0 nitrogen and oxygen atoms in total. The normalized spacial score (nSPS) is 16.2. The van der Waals surface area contributed by atoms with Gasteiger partial charge in [0, 0.05) is 0 Å². The minimum atomic E-state index is -0.634. The molecule has 0 fully saturated rings. The fourth-order valence-electron chi connectivity index (χ4n) is 0.678. The fourth-order valence-corrected chi connectivity index (χ4v) is 50.0. The Kier molecular flexibility index (Phi) is 6.93. The Morgan fingerprint density at radius 3 is 0.900 bits per heavy atom. The van der Waals surface area contributed by atoms with Crippen molar-refractivity contribution in [1.29, 1.82) is 0 Å². The van der Waals surface area contributed by atoms with Gasteiger partial charge >= 0.3 is 69.0 Å². The van der Waals surface area contributed by atoms with Crippen LogP contribution in [0.25, 0.3) is 0 Å². The third-order valence-corrected chi connectivity index (χ3v) is 33.3. The first-order valence-electron chi connectivity index (χ1n) is 3.30. The second kappa shape index (κ2) is 4.80. The molecule has 0 rings (SSSR count). The molecule has 0 heterocycles. The number of halogens is 1. The van der Waals surface area contributed by atoms with Crippen molar-refractivity contribution in [2.24, 2.45) is 0 Å². The van der Waals surface area contributed by atoms with E-state index in [1.165, 1.54) is 0 Å². The average molecular weight is 387 g/mol. The first-order valence-corrected chi connectivity index (χ1v) is 16.4. The van der Waals surface area contributed by atoms with Gasteiger partial charge in [0.05, 0.1) is 0 Å². The zero-order valence-corrected chi connectivity index (χ0v) is 12.6. The average Bonchev–Trinajstić information content (AvgIpc) is 1.14. The Balaban J connectivity index is 0. The number of hydrogen-bond donors (Lipinski definition) is 0. The largest absolute Gasteiger partial charge is 1.00 e. The van der Waals surface area contributed by atoms with Gasteiger partial charge in [-0.2, -0.15) is 0 Å². The second-order valence-electron chi connectivity index (χ2n) is 3.98. The Labute approximate surface area is 81.1 Å². The number of rotatable bonds is 2. The van der Waals surface area contributed by atoms with E-state index in [0.29, 0.717) is 0 Å². The van der Waals surface area contributed by atoms with Crippen molar-refractivity contribution in [3.8, 4) is 0 Å².